The third-order valence-electron chi connectivity index (χ3n) is 4.90. The van der Waals surface area contributed by atoms with Crippen molar-refractivity contribution in [3.05, 3.63) is 53.5 Å². The van der Waals surface area contributed by atoms with E-state index in [0.717, 1.165) is 64.2 Å². The number of hydrogen-bond donors (Lipinski definition) is 2. The lowest BCUT2D eigenvalue weighted by atomic mass is 10.00. The Bertz CT molecular complexity index is 926. The second-order valence-corrected chi connectivity index (χ2v) is 8.18. The molecule has 1 atom stereocenters. The Labute approximate surface area is 155 Å². The van der Waals surface area contributed by atoms with Gasteiger partial charge in [0.25, 0.3) is 0 Å². The van der Waals surface area contributed by atoms with E-state index in [4.69, 9.17) is 0 Å². The van der Waals surface area contributed by atoms with Gasteiger partial charge in [0.2, 0.25) is 0 Å². The molecule has 0 aliphatic carbocycles. The van der Waals surface area contributed by atoms with Crippen molar-refractivity contribution < 1.29 is 8.94 Å². The van der Waals surface area contributed by atoms with E-state index >= 15 is 0 Å². The molecular formula is C20H22FN3OS. The molecular weight excluding hydrogens is 349 g/mol. The number of fused-ring (bicyclic) bond motifs is 1. The van der Waals surface area contributed by atoms with E-state index in [-0.39, 0.29) is 5.82 Å². The Morgan fingerprint density at radius 1 is 1.08 bits per heavy atom. The highest BCUT2D eigenvalue weighted by molar-refractivity contribution is 7.89. The SMILES string of the molecule is Cc1cc(-c2c[nH]c3cc(F)ccc23)cc(C)c1[S+]([O-])N1CCNCC1. The lowest BCUT2D eigenvalue weighted by molar-refractivity contribution is 0.359. The predicted octanol–water partition coefficient (Wildman–Crippen LogP) is 3.52. The zero-order valence-electron chi connectivity index (χ0n) is 14.9. The largest absolute Gasteiger partial charge is 0.593 e. The lowest BCUT2D eigenvalue weighted by Gasteiger charge is -2.29. The first-order chi connectivity index (χ1) is 12.5. The van der Waals surface area contributed by atoms with Crippen molar-refractivity contribution in [2.24, 2.45) is 0 Å². The summed E-state index contributed by atoms with van der Waals surface area (Å²) < 4.78 is 28.5. The quantitative estimate of drug-likeness (QED) is 0.693. The van der Waals surface area contributed by atoms with Gasteiger partial charge < -0.3 is 14.9 Å². The van der Waals surface area contributed by atoms with Gasteiger partial charge in [-0.3, -0.25) is 0 Å². The minimum absolute atomic E-state index is 0.250. The number of benzene rings is 2. The average molecular weight is 371 g/mol. The molecule has 136 valence electrons. The van der Waals surface area contributed by atoms with Gasteiger partial charge in [0.05, 0.1) is 24.5 Å². The van der Waals surface area contributed by atoms with Crippen LogP contribution in [0.15, 0.2) is 41.4 Å². The summed E-state index contributed by atoms with van der Waals surface area (Å²) in [6, 6.07) is 8.94. The van der Waals surface area contributed by atoms with Gasteiger partial charge >= 0.3 is 0 Å². The first-order valence-electron chi connectivity index (χ1n) is 8.80. The van der Waals surface area contributed by atoms with Crippen LogP contribution in [-0.2, 0) is 11.4 Å². The Hall–Kier alpha value is -1.86. The second-order valence-electron chi connectivity index (χ2n) is 6.76. The average Bonchev–Trinajstić information content (AvgIpc) is 3.04. The van der Waals surface area contributed by atoms with Crippen molar-refractivity contribution >= 4 is 22.3 Å². The highest BCUT2D eigenvalue weighted by Gasteiger charge is 2.28. The molecule has 26 heavy (non-hydrogen) atoms. The normalized spacial score (nSPS) is 16.9. The summed E-state index contributed by atoms with van der Waals surface area (Å²) in [5.41, 5.74) is 4.91. The molecule has 1 fully saturated rings. The van der Waals surface area contributed by atoms with Crippen LogP contribution in [0.3, 0.4) is 0 Å². The third kappa shape index (κ3) is 3.14. The molecule has 1 saturated heterocycles. The molecule has 1 unspecified atom stereocenters. The summed E-state index contributed by atoms with van der Waals surface area (Å²) in [7, 11) is 0. The number of rotatable bonds is 3. The van der Waals surface area contributed by atoms with E-state index in [1.807, 2.05) is 24.3 Å². The standard InChI is InChI=1S/C20H22FN3OS/c1-13-9-15(18-12-23-19-11-16(21)3-4-17(18)19)10-14(2)20(13)26(25)24-7-5-22-6-8-24/h3-4,9-12,22-23H,5-8H2,1-2H3. The molecule has 0 saturated carbocycles. The van der Waals surface area contributed by atoms with E-state index in [0.29, 0.717) is 0 Å². The van der Waals surface area contributed by atoms with E-state index in [9.17, 15) is 8.94 Å². The van der Waals surface area contributed by atoms with Gasteiger partial charge in [0, 0.05) is 46.9 Å². The third-order valence-corrected chi connectivity index (χ3v) is 6.73. The number of aryl methyl sites for hydroxylation is 2. The molecule has 1 aliphatic heterocycles. The van der Waals surface area contributed by atoms with Crippen LogP contribution in [0.4, 0.5) is 4.39 Å². The maximum atomic E-state index is 13.4. The Kier molecular flexibility index (Phi) is 4.75. The molecule has 2 heterocycles. The monoisotopic (exact) mass is 371 g/mol. The van der Waals surface area contributed by atoms with Crippen LogP contribution in [0.1, 0.15) is 11.1 Å². The van der Waals surface area contributed by atoms with Crippen LogP contribution in [-0.4, -0.2) is 40.0 Å². The summed E-state index contributed by atoms with van der Waals surface area (Å²) in [6.45, 7) is 7.35. The molecule has 0 amide bonds. The van der Waals surface area contributed by atoms with E-state index in [1.54, 1.807) is 6.07 Å². The highest BCUT2D eigenvalue weighted by Crippen LogP contribution is 2.33. The van der Waals surface area contributed by atoms with Gasteiger partial charge in [-0.1, -0.05) is 0 Å². The molecule has 0 bridgehead atoms. The summed E-state index contributed by atoms with van der Waals surface area (Å²) in [5.74, 6) is -0.250. The number of nitrogens with zero attached hydrogens (tertiary/aromatic N) is 1. The molecule has 3 aromatic rings. The molecule has 0 spiro atoms. The van der Waals surface area contributed by atoms with Crippen LogP contribution in [0.25, 0.3) is 22.0 Å². The number of piperazine rings is 1. The Morgan fingerprint density at radius 3 is 2.46 bits per heavy atom. The zero-order chi connectivity index (χ0) is 18.3. The maximum absolute atomic E-state index is 13.4. The first kappa shape index (κ1) is 17.5. The van der Waals surface area contributed by atoms with Gasteiger partial charge in [-0.05, 0) is 49.7 Å². The van der Waals surface area contributed by atoms with E-state index < -0.39 is 11.4 Å². The zero-order valence-corrected chi connectivity index (χ0v) is 15.8. The van der Waals surface area contributed by atoms with Crippen molar-refractivity contribution in [1.29, 1.82) is 0 Å². The number of nitrogens with one attached hydrogen (secondary N) is 2. The van der Waals surface area contributed by atoms with Crippen molar-refractivity contribution in [3.8, 4) is 11.1 Å². The van der Waals surface area contributed by atoms with Gasteiger partial charge in [0.15, 0.2) is 4.90 Å². The Balaban J connectivity index is 1.73. The topological polar surface area (TPSA) is 54.1 Å². The van der Waals surface area contributed by atoms with Crippen LogP contribution < -0.4 is 5.32 Å². The molecule has 4 rings (SSSR count). The van der Waals surface area contributed by atoms with Gasteiger partial charge in [-0.15, -0.1) is 4.31 Å². The summed E-state index contributed by atoms with van der Waals surface area (Å²) in [5, 5.41) is 4.28. The van der Waals surface area contributed by atoms with Gasteiger partial charge in [-0.25, -0.2) is 4.39 Å². The summed E-state index contributed by atoms with van der Waals surface area (Å²) in [4.78, 5) is 4.04. The summed E-state index contributed by atoms with van der Waals surface area (Å²) in [6.07, 6.45) is 1.91. The Morgan fingerprint density at radius 2 is 1.77 bits per heavy atom. The molecule has 1 aromatic heterocycles. The van der Waals surface area contributed by atoms with Crippen molar-refractivity contribution in [2.45, 2.75) is 18.7 Å². The molecule has 2 N–H and O–H groups in total. The number of aromatic nitrogens is 1. The fourth-order valence-electron chi connectivity index (χ4n) is 3.66. The van der Waals surface area contributed by atoms with Crippen molar-refractivity contribution in [3.63, 3.8) is 0 Å². The number of H-pyrrole nitrogens is 1. The smallest absolute Gasteiger partial charge is 0.179 e. The van der Waals surface area contributed by atoms with Gasteiger partial charge in [-0.2, -0.15) is 0 Å². The fourth-order valence-corrected chi connectivity index (χ4v) is 5.10. The van der Waals surface area contributed by atoms with Gasteiger partial charge in [0.1, 0.15) is 5.82 Å². The van der Waals surface area contributed by atoms with Crippen LogP contribution >= 0.6 is 0 Å². The summed E-state index contributed by atoms with van der Waals surface area (Å²) >= 11 is -1.14. The van der Waals surface area contributed by atoms with E-state index in [1.165, 1.54) is 12.1 Å². The minimum atomic E-state index is -1.14. The number of hydrogen-bond acceptors (Lipinski definition) is 3. The molecule has 4 nitrogen and oxygen atoms in total. The van der Waals surface area contributed by atoms with Crippen LogP contribution in [0.5, 0.6) is 0 Å². The van der Waals surface area contributed by atoms with Crippen LogP contribution in [0.2, 0.25) is 0 Å². The molecule has 1 aliphatic rings. The highest BCUT2D eigenvalue weighted by atomic mass is 32.2. The fraction of sp³-hybridized carbons (Fsp3) is 0.300. The number of aromatic amines is 1. The van der Waals surface area contributed by atoms with Crippen molar-refractivity contribution in [1.82, 2.24) is 14.6 Å². The maximum Gasteiger partial charge on any atom is 0.179 e. The van der Waals surface area contributed by atoms with Crippen molar-refractivity contribution in [2.75, 3.05) is 26.2 Å². The molecule has 2 aromatic carbocycles. The second kappa shape index (κ2) is 7.04. The lowest BCUT2D eigenvalue weighted by Crippen LogP contribution is -2.46. The van der Waals surface area contributed by atoms with E-state index in [2.05, 4.69) is 22.4 Å². The number of halogens is 1. The minimum Gasteiger partial charge on any atom is -0.593 e. The molecule has 6 heteroatoms. The first-order valence-corrected chi connectivity index (χ1v) is 9.91. The molecule has 0 radical (unpaired) electrons. The predicted molar refractivity (Wildman–Crippen MR) is 104 cm³/mol. The van der Waals surface area contributed by atoms with Crippen LogP contribution in [0, 0.1) is 19.7 Å².